The molecule has 0 bridgehead atoms. The first-order valence-electron chi connectivity index (χ1n) is 8.32. The molecule has 0 aliphatic carbocycles. The number of hydrogen-bond acceptors (Lipinski definition) is 3. The van der Waals surface area contributed by atoms with E-state index in [0.29, 0.717) is 17.8 Å². The molecule has 0 aliphatic rings. The lowest BCUT2D eigenvalue weighted by molar-refractivity contribution is 0.0953. The Hall–Kier alpha value is -2.80. The SMILES string of the molecule is CS(=O)(=O)Nc1ccc(C(=O)NCCCn2ccc3ccccc32)cc1. The predicted molar refractivity (Wildman–Crippen MR) is 104 cm³/mol. The maximum absolute atomic E-state index is 12.2. The molecule has 0 aliphatic heterocycles. The number of sulfonamides is 1. The number of anilines is 1. The second kappa shape index (κ2) is 7.61. The van der Waals surface area contributed by atoms with Gasteiger partial charge >= 0.3 is 0 Å². The molecule has 0 unspecified atom stereocenters. The fourth-order valence-corrected chi connectivity index (χ4v) is 3.36. The Morgan fingerprint density at radius 2 is 1.77 bits per heavy atom. The van der Waals surface area contributed by atoms with Crippen LogP contribution in [0, 0.1) is 0 Å². The van der Waals surface area contributed by atoms with Crippen LogP contribution >= 0.6 is 0 Å². The molecule has 0 fully saturated rings. The zero-order chi connectivity index (χ0) is 18.6. The van der Waals surface area contributed by atoms with Crippen molar-refractivity contribution in [2.75, 3.05) is 17.5 Å². The van der Waals surface area contributed by atoms with Gasteiger partial charge in [-0.1, -0.05) is 18.2 Å². The lowest BCUT2D eigenvalue weighted by Gasteiger charge is -2.08. The average Bonchev–Trinajstić information content (AvgIpc) is 3.01. The fraction of sp³-hybridized carbons (Fsp3) is 0.211. The molecule has 0 spiro atoms. The van der Waals surface area contributed by atoms with Crippen LogP contribution in [0.15, 0.2) is 60.8 Å². The number of carbonyl (C=O) groups is 1. The summed E-state index contributed by atoms with van der Waals surface area (Å²) in [6, 6.07) is 16.6. The van der Waals surface area contributed by atoms with Crippen LogP contribution in [0.5, 0.6) is 0 Å². The van der Waals surface area contributed by atoms with Crippen molar-refractivity contribution in [3.63, 3.8) is 0 Å². The molecule has 2 aromatic carbocycles. The van der Waals surface area contributed by atoms with Gasteiger partial charge in [0.05, 0.1) is 6.26 Å². The van der Waals surface area contributed by atoms with Crippen molar-refractivity contribution in [3.05, 3.63) is 66.4 Å². The topological polar surface area (TPSA) is 80.2 Å². The number of rotatable bonds is 7. The van der Waals surface area contributed by atoms with Crippen LogP contribution in [-0.2, 0) is 16.6 Å². The van der Waals surface area contributed by atoms with Crippen LogP contribution < -0.4 is 10.0 Å². The van der Waals surface area contributed by atoms with Gasteiger partial charge in [0.1, 0.15) is 0 Å². The van der Waals surface area contributed by atoms with Crippen LogP contribution in [0.1, 0.15) is 16.8 Å². The molecular formula is C19H21N3O3S. The van der Waals surface area contributed by atoms with E-state index in [4.69, 9.17) is 0 Å². The first-order chi connectivity index (χ1) is 12.4. The average molecular weight is 371 g/mol. The Balaban J connectivity index is 1.49. The number of hydrogen-bond donors (Lipinski definition) is 2. The number of fused-ring (bicyclic) bond motifs is 1. The van der Waals surface area contributed by atoms with Crippen molar-refractivity contribution in [1.82, 2.24) is 9.88 Å². The molecule has 3 aromatic rings. The summed E-state index contributed by atoms with van der Waals surface area (Å²) >= 11 is 0. The van der Waals surface area contributed by atoms with E-state index >= 15 is 0 Å². The van der Waals surface area contributed by atoms with Crippen molar-refractivity contribution in [2.45, 2.75) is 13.0 Å². The van der Waals surface area contributed by atoms with Gasteiger partial charge in [0, 0.05) is 36.1 Å². The van der Waals surface area contributed by atoms with Crippen LogP contribution in [0.3, 0.4) is 0 Å². The molecule has 0 saturated carbocycles. The molecule has 0 saturated heterocycles. The van der Waals surface area contributed by atoms with Gasteiger partial charge in [0.25, 0.3) is 5.91 Å². The van der Waals surface area contributed by atoms with Crippen LogP contribution in [-0.4, -0.2) is 31.7 Å². The van der Waals surface area contributed by atoms with Crippen LogP contribution in [0.4, 0.5) is 5.69 Å². The largest absolute Gasteiger partial charge is 0.352 e. The number of nitrogens with one attached hydrogen (secondary N) is 2. The summed E-state index contributed by atoms with van der Waals surface area (Å²) in [4.78, 5) is 12.2. The van der Waals surface area contributed by atoms with E-state index in [1.54, 1.807) is 24.3 Å². The summed E-state index contributed by atoms with van der Waals surface area (Å²) in [5.41, 5.74) is 2.12. The van der Waals surface area contributed by atoms with Gasteiger partial charge in [-0.15, -0.1) is 0 Å². The van der Waals surface area contributed by atoms with E-state index in [9.17, 15) is 13.2 Å². The Kier molecular flexibility index (Phi) is 5.27. The van der Waals surface area contributed by atoms with E-state index < -0.39 is 10.0 Å². The van der Waals surface area contributed by atoms with E-state index in [0.717, 1.165) is 19.2 Å². The fourth-order valence-electron chi connectivity index (χ4n) is 2.79. The minimum Gasteiger partial charge on any atom is -0.352 e. The van der Waals surface area contributed by atoms with Crippen molar-refractivity contribution in [1.29, 1.82) is 0 Å². The van der Waals surface area contributed by atoms with Crippen molar-refractivity contribution >= 4 is 32.5 Å². The summed E-state index contributed by atoms with van der Waals surface area (Å²) in [5.74, 6) is -0.173. The molecule has 136 valence electrons. The van der Waals surface area contributed by atoms with E-state index in [-0.39, 0.29) is 5.91 Å². The maximum Gasteiger partial charge on any atom is 0.251 e. The minimum absolute atomic E-state index is 0.173. The standard InChI is InChI=1S/C19H21N3O3S/c1-26(24,25)21-17-9-7-16(8-10-17)19(23)20-12-4-13-22-14-11-15-5-2-3-6-18(15)22/h2-3,5-11,14,21H,4,12-13H2,1H3,(H,20,23). The first kappa shape index (κ1) is 18.0. The van der Waals surface area contributed by atoms with Gasteiger partial charge < -0.3 is 9.88 Å². The van der Waals surface area contributed by atoms with Crippen LogP contribution in [0.2, 0.25) is 0 Å². The summed E-state index contributed by atoms with van der Waals surface area (Å²) in [7, 11) is -3.32. The van der Waals surface area contributed by atoms with Crippen LogP contribution in [0.25, 0.3) is 10.9 Å². The van der Waals surface area contributed by atoms with E-state index in [1.165, 1.54) is 10.9 Å². The van der Waals surface area contributed by atoms with Gasteiger partial charge in [-0.2, -0.15) is 0 Å². The van der Waals surface area contributed by atoms with Gasteiger partial charge in [-0.25, -0.2) is 8.42 Å². The van der Waals surface area contributed by atoms with Crippen molar-refractivity contribution in [2.24, 2.45) is 0 Å². The van der Waals surface area contributed by atoms with Crippen molar-refractivity contribution < 1.29 is 13.2 Å². The van der Waals surface area contributed by atoms with Gasteiger partial charge in [-0.3, -0.25) is 9.52 Å². The van der Waals surface area contributed by atoms with Gasteiger partial charge in [-0.05, 0) is 48.2 Å². The molecule has 0 radical (unpaired) electrons. The number of nitrogens with zero attached hydrogens (tertiary/aromatic N) is 1. The molecule has 3 rings (SSSR count). The third kappa shape index (κ3) is 4.64. The minimum atomic E-state index is -3.32. The third-order valence-electron chi connectivity index (χ3n) is 3.99. The molecule has 1 amide bonds. The zero-order valence-electron chi connectivity index (χ0n) is 14.5. The maximum atomic E-state index is 12.2. The summed E-state index contributed by atoms with van der Waals surface area (Å²) in [6.07, 6.45) is 3.96. The lowest BCUT2D eigenvalue weighted by atomic mass is 10.2. The predicted octanol–water partition coefficient (Wildman–Crippen LogP) is 2.83. The highest BCUT2D eigenvalue weighted by Crippen LogP contribution is 2.15. The Bertz CT molecular complexity index is 1010. The number of aryl methyl sites for hydroxylation is 1. The summed E-state index contributed by atoms with van der Waals surface area (Å²) in [5, 5.41) is 4.09. The molecule has 1 heterocycles. The number of para-hydroxylation sites is 1. The smallest absolute Gasteiger partial charge is 0.251 e. The van der Waals surface area contributed by atoms with E-state index in [2.05, 4.69) is 39.0 Å². The highest BCUT2D eigenvalue weighted by Gasteiger charge is 2.07. The summed E-state index contributed by atoms with van der Waals surface area (Å²) in [6.45, 7) is 1.39. The van der Waals surface area contributed by atoms with E-state index in [1.807, 2.05) is 12.1 Å². The number of carbonyl (C=O) groups excluding carboxylic acids is 1. The highest BCUT2D eigenvalue weighted by atomic mass is 32.2. The van der Waals surface area contributed by atoms with Crippen molar-refractivity contribution in [3.8, 4) is 0 Å². The Labute approximate surface area is 152 Å². The normalized spacial score (nSPS) is 11.4. The number of benzene rings is 2. The monoisotopic (exact) mass is 371 g/mol. The third-order valence-corrected chi connectivity index (χ3v) is 4.60. The molecule has 26 heavy (non-hydrogen) atoms. The highest BCUT2D eigenvalue weighted by molar-refractivity contribution is 7.92. The number of aromatic nitrogens is 1. The second-order valence-electron chi connectivity index (χ2n) is 6.13. The Morgan fingerprint density at radius 3 is 2.50 bits per heavy atom. The molecule has 2 N–H and O–H groups in total. The first-order valence-corrected chi connectivity index (χ1v) is 10.2. The zero-order valence-corrected chi connectivity index (χ0v) is 15.3. The molecule has 6 nitrogen and oxygen atoms in total. The number of amides is 1. The molecule has 7 heteroatoms. The van der Waals surface area contributed by atoms with Gasteiger partial charge in [0.2, 0.25) is 10.0 Å². The lowest BCUT2D eigenvalue weighted by Crippen LogP contribution is -2.25. The quantitative estimate of drug-likeness (QED) is 0.627. The molecular weight excluding hydrogens is 350 g/mol. The second-order valence-corrected chi connectivity index (χ2v) is 7.88. The Morgan fingerprint density at radius 1 is 1.04 bits per heavy atom. The molecule has 1 aromatic heterocycles. The summed E-state index contributed by atoms with van der Waals surface area (Å²) < 4.78 is 26.9. The molecule has 0 atom stereocenters. The van der Waals surface area contributed by atoms with Gasteiger partial charge in [0.15, 0.2) is 0 Å².